The normalized spacial score (nSPS) is 15.2. The molecule has 1 aromatic heterocycles. The Morgan fingerprint density at radius 2 is 1.90 bits per heavy atom. The number of aromatic nitrogens is 3. The van der Waals surface area contributed by atoms with Gasteiger partial charge in [0, 0.05) is 0 Å². The van der Waals surface area contributed by atoms with Crippen molar-refractivity contribution in [1.29, 1.82) is 0 Å². The molecule has 5 N–H and O–H groups in total. The van der Waals surface area contributed by atoms with Gasteiger partial charge in [0.15, 0.2) is 5.69 Å². The van der Waals surface area contributed by atoms with Gasteiger partial charge in [-0.15, -0.1) is 5.10 Å². The summed E-state index contributed by atoms with van der Waals surface area (Å²) < 4.78 is 5.84. The lowest BCUT2D eigenvalue weighted by Crippen LogP contribution is -2.53. The third-order valence-corrected chi connectivity index (χ3v) is 4.13. The van der Waals surface area contributed by atoms with Gasteiger partial charge in [0.25, 0.3) is 0 Å². The van der Waals surface area contributed by atoms with Gasteiger partial charge in [-0.05, 0) is 18.1 Å². The molecule has 0 spiro atoms. The van der Waals surface area contributed by atoms with Crippen molar-refractivity contribution in [2.75, 3.05) is 0 Å². The Hall–Kier alpha value is -3.94. The zero-order chi connectivity index (χ0) is 21.3. The summed E-state index contributed by atoms with van der Waals surface area (Å²) in [6.07, 6.45) is 0.0485. The van der Waals surface area contributed by atoms with Crippen molar-refractivity contribution in [3.05, 3.63) is 40.7 Å². The minimum atomic E-state index is -1.63. The highest BCUT2D eigenvalue weighted by atomic mass is 16.5. The summed E-state index contributed by atoms with van der Waals surface area (Å²) in [6, 6.07) is 4.38. The van der Waals surface area contributed by atoms with Crippen molar-refractivity contribution in [1.82, 2.24) is 20.3 Å². The molecule has 29 heavy (non-hydrogen) atoms. The molecule has 0 saturated heterocycles. The number of amides is 1. The van der Waals surface area contributed by atoms with Gasteiger partial charge in [0.1, 0.15) is 12.3 Å². The average Bonchev–Trinajstić information content (AvgIpc) is 3.05. The number of carboxylic acids is 3. The van der Waals surface area contributed by atoms with Crippen LogP contribution >= 0.6 is 0 Å². The molecule has 1 unspecified atom stereocenters. The number of carbonyl (C=O) groups is 4. The predicted octanol–water partition coefficient (Wildman–Crippen LogP) is -1.49. The van der Waals surface area contributed by atoms with Gasteiger partial charge in [-0.3, -0.25) is 4.79 Å². The molecule has 0 bridgehead atoms. The van der Waals surface area contributed by atoms with Crippen LogP contribution in [-0.4, -0.2) is 72.2 Å². The van der Waals surface area contributed by atoms with Crippen LogP contribution in [0.4, 0.5) is 0 Å². The Kier molecular flexibility index (Phi) is 5.19. The molecule has 1 atom stereocenters. The lowest BCUT2D eigenvalue weighted by molar-refractivity contribution is -0.122. The summed E-state index contributed by atoms with van der Waals surface area (Å²) in [5, 5.41) is 46.4. The molecule has 3 rings (SSSR count). The standard InChI is InChI=1S/C15H13BN4O9/c21-9(5-20-11(15(26)27)10(14(24)25)18-19-20)17-8-4-6-2-1-3-7(13(22)23)12(6)29-16(8)28/h1-3,8,28H,4-5H2,(H,17,21)(H,22,23)(H,24,25)(H,26,27). The van der Waals surface area contributed by atoms with Crippen LogP contribution < -0.4 is 9.97 Å². The molecule has 1 amide bonds. The monoisotopic (exact) mass is 404 g/mol. The number of rotatable bonds is 6. The summed E-state index contributed by atoms with van der Waals surface area (Å²) >= 11 is 0. The van der Waals surface area contributed by atoms with E-state index in [0.29, 0.717) is 10.2 Å². The number of hydrogen-bond acceptors (Lipinski definition) is 8. The molecule has 2 aromatic rings. The van der Waals surface area contributed by atoms with Crippen LogP contribution in [0.15, 0.2) is 18.2 Å². The minimum Gasteiger partial charge on any atom is -0.534 e. The fraction of sp³-hybridized carbons (Fsp3) is 0.200. The zero-order valence-electron chi connectivity index (χ0n) is 14.5. The highest BCUT2D eigenvalue weighted by Crippen LogP contribution is 2.30. The number of fused-ring (bicyclic) bond motifs is 1. The molecule has 2 heterocycles. The first-order chi connectivity index (χ1) is 13.7. The van der Waals surface area contributed by atoms with E-state index in [9.17, 15) is 29.3 Å². The summed E-state index contributed by atoms with van der Waals surface area (Å²) in [7, 11) is -1.56. The fourth-order valence-corrected chi connectivity index (χ4v) is 2.88. The van der Waals surface area contributed by atoms with E-state index in [4.69, 9.17) is 14.9 Å². The molecular formula is C15H13BN4O9. The molecule has 1 aliphatic rings. The number of carboxylic acid groups (broad SMARTS) is 3. The first-order valence-electron chi connectivity index (χ1n) is 8.08. The maximum absolute atomic E-state index is 12.3. The molecule has 0 aliphatic carbocycles. The smallest absolute Gasteiger partial charge is 0.534 e. The van der Waals surface area contributed by atoms with Crippen molar-refractivity contribution in [2.24, 2.45) is 0 Å². The Morgan fingerprint density at radius 3 is 2.52 bits per heavy atom. The van der Waals surface area contributed by atoms with Gasteiger partial charge in [0.2, 0.25) is 11.6 Å². The van der Waals surface area contributed by atoms with Crippen LogP contribution in [0.1, 0.15) is 36.9 Å². The topological polar surface area (TPSA) is 201 Å². The Labute approximate surface area is 161 Å². The third kappa shape index (κ3) is 3.86. The van der Waals surface area contributed by atoms with E-state index in [1.165, 1.54) is 12.1 Å². The van der Waals surface area contributed by atoms with Crippen molar-refractivity contribution >= 4 is 30.9 Å². The molecule has 1 aromatic carbocycles. The predicted molar refractivity (Wildman–Crippen MR) is 91.6 cm³/mol. The second-order valence-corrected chi connectivity index (χ2v) is 6.04. The van der Waals surface area contributed by atoms with E-state index in [2.05, 4.69) is 15.6 Å². The first-order valence-corrected chi connectivity index (χ1v) is 8.08. The molecule has 0 fully saturated rings. The highest BCUT2D eigenvalue weighted by molar-refractivity contribution is 6.47. The number of carbonyl (C=O) groups excluding carboxylic acids is 1. The number of nitrogens with zero attached hydrogens (tertiary/aromatic N) is 3. The van der Waals surface area contributed by atoms with Crippen molar-refractivity contribution < 1.29 is 44.2 Å². The Balaban J connectivity index is 1.76. The maximum atomic E-state index is 12.3. The first kappa shape index (κ1) is 19.8. The van der Waals surface area contributed by atoms with Crippen molar-refractivity contribution in [3.63, 3.8) is 0 Å². The summed E-state index contributed by atoms with van der Waals surface area (Å²) in [5.41, 5.74) is -1.28. The van der Waals surface area contributed by atoms with E-state index < -0.39 is 54.8 Å². The molecule has 0 radical (unpaired) electrons. The number of aromatic carboxylic acids is 3. The number of para-hydroxylation sites is 1. The second-order valence-electron chi connectivity index (χ2n) is 6.04. The van der Waals surface area contributed by atoms with Gasteiger partial charge in [-0.1, -0.05) is 17.3 Å². The van der Waals surface area contributed by atoms with E-state index in [1.807, 2.05) is 0 Å². The van der Waals surface area contributed by atoms with E-state index >= 15 is 0 Å². The molecule has 150 valence electrons. The summed E-state index contributed by atoms with van der Waals surface area (Å²) in [5.74, 6) is -6.24. The molecule has 0 saturated carbocycles. The van der Waals surface area contributed by atoms with Crippen LogP contribution in [0.5, 0.6) is 5.75 Å². The highest BCUT2D eigenvalue weighted by Gasteiger charge is 2.38. The molecule has 1 aliphatic heterocycles. The Bertz CT molecular complexity index is 1020. The third-order valence-electron chi connectivity index (χ3n) is 4.13. The lowest BCUT2D eigenvalue weighted by Gasteiger charge is -2.28. The van der Waals surface area contributed by atoms with Gasteiger partial charge in [-0.2, -0.15) is 0 Å². The number of hydrogen-bond donors (Lipinski definition) is 5. The van der Waals surface area contributed by atoms with Gasteiger partial charge in [0.05, 0.1) is 11.5 Å². The number of nitrogens with one attached hydrogen (secondary N) is 1. The van der Waals surface area contributed by atoms with Gasteiger partial charge in [-0.25, -0.2) is 19.1 Å². The lowest BCUT2D eigenvalue weighted by atomic mass is 9.72. The second kappa shape index (κ2) is 7.59. The largest absolute Gasteiger partial charge is 0.547 e. The molecular weight excluding hydrogens is 391 g/mol. The van der Waals surface area contributed by atoms with E-state index in [1.54, 1.807) is 6.07 Å². The van der Waals surface area contributed by atoms with Crippen LogP contribution in [0.2, 0.25) is 0 Å². The fourth-order valence-electron chi connectivity index (χ4n) is 2.88. The number of benzene rings is 1. The van der Waals surface area contributed by atoms with Gasteiger partial charge >= 0.3 is 25.0 Å². The SMILES string of the molecule is O=C(Cn1nnc(C(=O)O)c1C(=O)O)NC1Cc2cccc(C(=O)O)c2OB1O. The van der Waals surface area contributed by atoms with Crippen molar-refractivity contribution in [3.8, 4) is 5.75 Å². The van der Waals surface area contributed by atoms with E-state index in [0.717, 1.165) is 0 Å². The average molecular weight is 404 g/mol. The molecule has 14 heteroatoms. The summed E-state index contributed by atoms with van der Waals surface area (Å²) in [6.45, 7) is -0.673. The van der Waals surface area contributed by atoms with Crippen LogP contribution in [0.3, 0.4) is 0 Å². The molecule has 13 nitrogen and oxygen atoms in total. The summed E-state index contributed by atoms with van der Waals surface area (Å²) in [4.78, 5) is 45.8. The minimum absolute atomic E-state index is 0.00598. The quantitative estimate of drug-likeness (QED) is 0.351. The Morgan fingerprint density at radius 1 is 1.17 bits per heavy atom. The maximum Gasteiger partial charge on any atom is 0.547 e. The van der Waals surface area contributed by atoms with E-state index in [-0.39, 0.29) is 17.7 Å². The van der Waals surface area contributed by atoms with Crippen molar-refractivity contribution in [2.45, 2.75) is 18.9 Å². The van der Waals surface area contributed by atoms with Crippen LogP contribution in [0, 0.1) is 0 Å². The van der Waals surface area contributed by atoms with Crippen LogP contribution in [-0.2, 0) is 17.8 Å². The van der Waals surface area contributed by atoms with Gasteiger partial charge < -0.3 is 30.3 Å². The van der Waals surface area contributed by atoms with Crippen LogP contribution in [0.25, 0.3) is 0 Å². The zero-order valence-corrected chi connectivity index (χ0v) is 14.5.